The van der Waals surface area contributed by atoms with Gasteiger partial charge in [-0.3, -0.25) is 0 Å². The van der Waals surface area contributed by atoms with E-state index in [0.717, 1.165) is 17.1 Å². The molecule has 62 heavy (non-hydrogen) atoms. The molecule has 0 saturated heterocycles. The van der Waals surface area contributed by atoms with Gasteiger partial charge >= 0.3 is 0 Å². The van der Waals surface area contributed by atoms with Crippen molar-refractivity contribution < 1.29 is 0 Å². The second-order valence-electron chi connectivity index (χ2n) is 22.4. The number of benzene rings is 7. The quantitative estimate of drug-likeness (QED) is 0.151. The number of aryl methyl sites for hydroxylation is 1. The minimum absolute atomic E-state index is 0.0764. The molecular formula is C61H65N. The van der Waals surface area contributed by atoms with Crippen LogP contribution in [0.4, 0.5) is 17.1 Å². The highest BCUT2D eigenvalue weighted by Gasteiger charge is 2.45. The van der Waals surface area contributed by atoms with Crippen molar-refractivity contribution in [2.45, 2.75) is 124 Å². The lowest BCUT2D eigenvalue weighted by atomic mass is 9.67. The molecule has 0 fully saturated rings. The fraction of sp³-hybridized carbons (Fsp3) is 0.311. The van der Waals surface area contributed by atoms with E-state index in [0.29, 0.717) is 0 Å². The maximum atomic E-state index is 2.54. The third-order valence-electron chi connectivity index (χ3n) is 14.3. The summed E-state index contributed by atoms with van der Waals surface area (Å²) in [6.07, 6.45) is 2.42. The summed E-state index contributed by atoms with van der Waals surface area (Å²) in [7, 11) is 0. The minimum Gasteiger partial charge on any atom is -0.311 e. The van der Waals surface area contributed by atoms with Gasteiger partial charge < -0.3 is 4.90 Å². The van der Waals surface area contributed by atoms with Gasteiger partial charge in [-0.25, -0.2) is 0 Å². The fourth-order valence-electron chi connectivity index (χ4n) is 10.3. The molecule has 1 nitrogen and oxygen atoms in total. The lowest BCUT2D eigenvalue weighted by Gasteiger charge is -2.36. The largest absolute Gasteiger partial charge is 0.311 e. The van der Waals surface area contributed by atoms with Crippen LogP contribution in [0.25, 0.3) is 33.5 Å². The van der Waals surface area contributed by atoms with Gasteiger partial charge in [-0.15, -0.1) is 0 Å². The summed E-state index contributed by atoms with van der Waals surface area (Å²) in [6, 6.07) is 51.4. The molecule has 9 rings (SSSR count). The smallest absolute Gasteiger partial charge is 0.0462 e. The van der Waals surface area contributed by atoms with Crippen LogP contribution >= 0.6 is 0 Å². The molecule has 7 aromatic carbocycles. The van der Waals surface area contributed by atoms with Crippen molar-refractivity contribution >= 4 is 39.5 Å². The van der Waals surface area contributed by atoms with E-state index >= 15 is 0 Å². The summed E-state index contributed by atoms with van der Waals surface area (Å²) >= 11 is 0. The molecule has 2 aliphatic carbocycles. The highest BCUT2D eigenvalue weighted by atomic mass is 15.1. The van der Waals surface area contributed by atoms with Gasteiger partial charge in [0.05, 0.1) is 0 Å². The monoisotopic (exact) mass is 812 g/mol. The van der Waals surface area contributed by atoms with E-state index in [2.05, 4.69) is 241 Å². The maximum Gasteiger partial charge on any atom is 0.0462 e. The Kier molecular flexibility index (Phi) is 9.53. The van der Waals surface area contributed by atoms with Crippen LogP contribution in [0.1, 0.15) is 151 Å². The highest BCUT2D eigenvalue weighted by Crippen LogP contribution is 2.60. The predicted molar refractivity (Wildman–Crippen MR) is 269 cm³/mol. The lowest BCUT2D eigenvalue weighted by Crippen LogP contribution is -2.24. The van der Waals surface area contributed by atoms with E-state index < -0.39 is 0 Å². The summed E-state index contributed by atoms with van der Waals surface area (Å²) in [5.74, 6) is 0. The van der Waals surface area contributed by atoms with Gasteiger partial charge in [-0.1, -0.05) is 175 Å². The molecule has 0 bridgehead atoms. The molecular weight excluding hydrogens is 747 g/mol. The Bertz CT molecular complexity index is 2840. The Hall–Kier alpha value is -5.66. The molecule has 314 valence electrons. The van der Waals surface area contributed by atoms with Gasteiger partial charge in [-0.2, -0.15) is 0 Å². The van der Waals surface area contributed by atoms with Crippen LogP contribution < -0.4 is 4.90 Å². The summed E-state index contributed by atoms with van der Waals surface area (Å²) in [4.78, 5) is 2.40. The van der Waals surface area contributed by atoms with E-state index in [9.17, 15) is 0 Å². The zero-order valence-corrected chi connectivity index (χ0v) is 39.7. The fourth-order valence-corrected chi connectivity index (χ4v) is 10.3. The second kappa shape index (κ2) is 14.2. The molecule has 0 unspecified atom stereocenters. The Balaban J connectivity index is 1.22. The van der Waals surface area contributed by atoms with Crippen LogP contribution in [-0.4, -0.2) is 0 Å². The molecule has 0 aliphatic heterocycles. The Morgan fingerprint density at radius 1 is 0.452 bits per heavy atom. The molecule has 0 aromatic heterocycles. The van der Waals surface area contributed by atoms with Crippen LogP contribution in [-0.2, 0) is 27.1 Å². The predicted octanol–water partition coefficient (Wildman–Crippen LogP) is 17.0. The standard InChI is InChI=1S/C61H65N/c1-38-34-51-56-54-48(38)16-15-17-50(54)60(11,12)52-36-41(37-53(55(52)56)61(51,13)14)49(35-39-18-22-42(23-19-39)57(2,3)4)40-20-28-45(29-21-40)62(46-30-24-43(25-31-46)58(5,6)7)47-32-26-44(27-33-47)59(8,9)10/h15-37H,1-14H3. The van der Waals surface area contributed by atoms with E-state index in [1.807, 2.05) is 0 Å². The van der Waals surface area contributed by atoms with Gasteiger partial charge in [0.2, 0.25) is 0 Å². The first-order valence-corrected chi connectivity index (χ1v) is 22.8. The van der Waals surface area contributed by atoms with Crippen molar-refractivity contribution in [3.63, 3.8) is 0 Å². The van der Waals surface area contributed by atoms with E-state index in [1.54, 1.807) is 0 Å². The lowest BCUT2D eigenvalue weighted by molar-refractivity contribution is 0.590. The van der Waals surface area contributed by atoms with Crippen molar-refractivity contribution in [2.24, 2.45) is 0 Å². The van der Waals surface area contributed by atoms with Gasteiger partial charge in [-0.05, 0) is 166 Å². The molecule has 0 radical (unpaired) electrons. The van der Waals surface area contributed by atoms with Crippen LogP contribution in [0.5, 0.6) is 0 Å². The SMILES string of the molecule is Cc1cc2c3c4c(cccc14)C(C)(C)c1cc(C(=Cc4ccc(C(C)(C)C)cc4)c4ccc(N(c5ccc(C(C)(C)C)cc5)c5ccc(C(C)(C)C)cc5)cc4)cc(c1-3)C2(C)C. The van der Waals surface area contributed by atoms with Crippen molar-refractivity contribution in [3.8, 4) is 11.1 Å². The topological polar surface area (TPSA) is 3.24 Å². The third kappa shape index (κ3) is 6.84. The molecule has 1 heteroatoms. The summed E-state index contributed by atoms with van der Waals surface area (Å²) in [5, 5.41) is 2.84. The third-order valence-corrected chi connectivity index (χ3v) is 14.3. The summed E-state index contributed by atoms with van der Waals surface area (Å²) in [6.45, 7) is 32.6. The van der Waals surface area contributed by atoms with Crippen molar-refractivity contribution in [2.75, 3.05) is 4.90 Å². The molecule has 0 atom stereocenters. The number of hydrogen-bond acceptors (Lipinski definition) is 1. The van der Waals surface area contributed by atoms with Crippen molar-refractivity contribution in [1.29, 1.82) is 0 Å². The van der Waals surface area contributed by atoms with Gasteiger partial charge in [0, 0.05) is 27.9 Å². The number of hydrogen-bond donors (Lipinski definition) is 0. The Morgan fingerprint density at radius 3 is 1.34 bits per heavy atom. The van der Waals surface area contributed by atoms with Crippen molar-refractivity contribution in [1.82, 2.24) is 0 Å². The van der Waals surface area contributed by atoms with Gasteiger partial charge in [0.1, 0.15) is 0 Å². The number of rotatable bonds is 6. The first-order valence-electron chi connectivity index (χ1n) is 22.8. The average molecular weight is 812 g/mol. The number of nitrogens with zero attached hydrogens (tertiary/aromatic N) is 1. The number of anilines is 3. The Morgan fingerprint density at radius 2 is 0.871 bits per heavy atom. The van der Waals surface area contributed by atoms with Crippen LogP contribution in [0, 0.1) is 6.92 Å². The van der Waals surface area contributed by atoms with Crippen LogP contribution in [0.2, 0.25) is 0 Å². The molecule has 0 heterocycles. The molecule has 2 aliphatic rings. The molecule has 0 N–H and O–H groups in total. The van der Waals surface area contributed by atoms with E-state index in [1.165, 1.54) is 88.7 Å². The van der Waals surface area contributed by atoms with E-state index in [-0.39, 0.29) is 27.1 Å². The molecule has 0 amide bonds. The molecule has 0 spiro atoms. The Labute approximate surface area is 372 Å². The zero-order valence-electron chi connectivity index (χ0n) is 39.7. The maximum absolute atomic E-state index is 2.54. The van der Waals surface area contributed by atoms with Crippen LogP contribution in [0.3, 0.4) is 0 Å². The van der Waals surface area contributed by atoms with E-state index in [4.69, 9.17) is 0 Å². The first-order chi connectivity index (χ1) is 29.0. The van der Waals surface area contributed by atoms with Gasteiger partial charge in [0.15, 0.2) is 0 Å². The average Bonchev–Trinajstić information content (AvgIpc) is 3.44. The molecule has 0 saturated carbocycles. The summed E-state index contributed by atoms with van der Waals surface area (Å²) in [5.41, 5.74) is 22.3. The second-order valence-corrected chi connectivity index (χ2v) is 22.4. The first kappa shape index (κ1) is 41.7. The van der Waals surface area contributed by atoms with Crippen molar-refractivity contribution in [3.05, 3.63) is 195 Å². The highest BCUT2D eigenvalue weighted by molar-refractivity contribution is 6.10. The van der Waals surface area contributed by atoms with Crippen LogP contribution in [0.15, 0.2) is 133 Å². The van der Waals surface area contributed by atoms with Gasteiger partial charge in [0.25, 0.3) is 0 Å². The zero-order chi connectivity index (χ0) is 44.3. The molecule has 7 aromatic rings. The summed E-state index contributed by atoms with van der Waals surface area (Å²) < 4.78 is 0. The normalized spacial score (nSPS) is 15.3. The minimum atomic E-state index is -0.174.